The van der Waals surface area contributed by atoms with E-state index in [1.807, 2.05) is 42.5 Å². The summed E-state index contributed by atoms with van der Waals surface area (Å²) in [6, 6.07) is 15.8. The number of guanidine groups is 1. The highest BCUT2D eigenvalue weighted by Crippen LogP contribution is 2.15. The summed E-state index contributed by atoms with van der Waals surface area (Å²) in [5, 5.41) is 3.13. The average Bonchev–Trinajstić information content (AvgIpc) is 2.57. The molecule has 24 heavy (non-hydrogen) atoms. The summed E-state index contributed by atoms with van der Waals surface area (Å²) in [5.41, 5.74) is 9.09. The molecule has 0 bridgehead atoms. The molecular weight excluding hydrogens is 417 g/mol. The zero-order valence-electron chi connectivity index (χ0n) is 14.0. The molecular formula is C18H24IN3O2. The molecule has 0 heterocycles. The standard InChI is InChI=1S/C18H23N3O2.HI/c1-22-13-15-7-3-4-9-17(15)21-18(19)20-11-10-14-6-5-8-16(12-14)23-2;/h3-9,12H,10-11,13H2,1-2H3,(H3,19,20,21);1H. The first-order chi connectivity index (χ1) is 11.2. The number of methoxy groups -OCH3 is 2. The molecule has 0 saturated carbocycles. The van der Waals surface area contributed by atoms with Gasteiger partial charge in [0.1, 0.15) is 5.75 Å². The summed E-state index contributed by atoms with van der Waals surface area (Å²) in [5.74, 6) is 1.25. The lowest BCUT2D eigenvalue weighted by Gasteiger charge is -2.11. The minimum atomic E-state index is 0. The van der Waals surface area contributed by atoms with Crippen molar-refractivity contribution >= 4 is 35.6 Å². The third-order valence-corrected chi connectivity index (χ3v) is 3.40. The summed E-state index contributed by atoms with van der Waals surface area (Å²) in [7, 11) is 3.33. The summed E-state index contributed by atoms with van der Waals surface area (Å²) < 4.78 is 10.4. The van der Waals surface area contributed by atoms with Gasteiger partial charge in [0, 0.05) is 24.9 Å². The highest BCUT2D eigenvalue weighted by molar-refractivity contribution is 14.0. The van der Waals surface area contributed by atoms with Gasteiger partial charge in [0.15, 0.2) is 5.96 Å². The van der Waals surface area contributed by atoms with Gasteiger partial charge >= 0.3 is 0 Å². The van der Waals surface area contributed by atoms with Gasteiger partial charge in [0.05, 0.1) is 13.7 Å². The molecule has 0 radical (unpaired) electrons. The number of rotatable bonds is 7. The summed E-state index contributed by atoms with van der Waals surface area (Å²) in [6.07, 6.45) is 0.805. The fraction of sp³-hybridized carbons (Fsp3) is 0.278. The van der Waals surface area contributed by atoms with Crippen molar-refractivity contribution < 1.29 is 9.47 Å². The van der Waals surface area contributed by atoms with E-state index in [4.69, 9.17) is 15.2 Å². The Morgan fingerprint density at radius 2 is 1.92 bits per heavy atom. The number of benzene rings is 2. The van der Waals surface area contributed by atoms with Crippen LogP contribution in [0.25, 0.3) is 0 Å². The van der Waals surface area contributed by atoms with E-state index in [0.717, 1.165) is 23.4 Å². The van der Waals surface area contributed by atoms with Crippen LogP contribution in [0.15, 0.2) is 53.5 Å². The molecule has 5 nitrogen and oxygen atoms in total. The van der Waals surface area contributed by atoms with Crippen molar-refractivity contribution in [3.8, 4) is 5.75 Å². The van der Waals surface area contributed by atoms with Crippen LogP contribution < -0.4 is 15.8 Å². The SMILES string of the molecule is COCc1ccccc1NC(N)=NCCc1cccc(OC)c1.I. The fourth-order valence-electron chi connectivity index (χ4n) is 2.23. The number of nitrogens with two attached hydrogens (primary N) is 1. The van der Waals surface area contributed by atoms with Crippen molar-refractivity contribution in [3.05, 3.63) is 59.7 Å². The van der Waals surface area contributed by atoms with Crippen LogP contribution in [0.5, 0.6) is 5.75 Å². The zero-order valence-corrected chi connectivity index (χ0v) is 16.3. The van der Waals surface area contributed by atoms with Crippen LogP contribution in [0.2, 0.25) is 0 Å². The van der Waals surface area contributed by atoms with Crippen molar-refractivity contribution in [1.82, 2.24) is 0 Å². The minimum Gasteiger partial charge on any atom is -0.497 e. The molecule has 2 rings (SSSR count). The molecule has 0 aliphatic rings. The highest BCUT2D eigenvalue weighted by Gasteiger charge is 2.02. The molecule has 0 spiro atoms. The lowest BCUT2D eigenvalue weighted by molar-refractivity contribution is 0.185. The molecule has 3 N–H and O–H groups in total. The number of nitrogens with zero attached hydrogens (tertiary/aromatic N) is 1. The van der Waals surface area contributed by atoms with Crippen molar-refractivity contribution in [2.75, 3.05) is 26.1 Å². The highest BCUT2D eigenvalue weighted by atomic mass is 127. The monoisotopic (exact) mass is 441 g/mol. The van der Waals surface area contributed by atoms with Crippen LogP contribution in [-0.4, -0.2) is 26.7 Å². The topological polar surface area (TPSA) is 68.9 Å². The van der Waals surface area contributed by atoms with Gasteiger partial charge in [-0.05, 0) is 30.2 Å². The van der Waals surface area contributed by atoms with E-state index < -0.39 is 0 Å². The summed E-state index contributed by atoms with van der Waals surface area (Å²) >= 11 is 0. The molecule has 6 heteroatoms. The van der Waals surface area contributed by atoms with E-state index in [-0.39, 0.29) is 24.0 Å². The minimum absolute atomic E-state index is 0. The Kier molecular flexibility index (Phi) is 9.18. The Morgan fingerprint density at radius 1 is 1.12 bits per heavy atom. The molecule has 0 unspecified atom stereocenters. The van der Waals surface area contributed by atoms with Crippen LogP contribution in [0.3, 0.4) is 0 Å². The van der Waals surface area contributed by atoms with Gasteiger partial charge in [-0.3, -0.25) is 4.99 Å². The Bertz CT molecular complexity index is 662. The first-order valence-electron chi connectivity index (χ1n) is 7.49. The first kappa shape index (κ1) is 20.2. The van der Waals surface area contributed by atoms with Crippen molar-refractivity contribution in [2.45, 2.75) is 13.0 Å². The van der Waals surface area contributed by atoms with Gasteiger partial charge in [0.2, 0.25) is 0 Å². The first-order valence-corrected chi connectivity index (χ1v) is 7.49. The second-order valence-corrected chi connectivity index (χ2v) is 5.08. The fourth-order valence-corrected chi connectivity index (χ4v) is 2.23. The molecule has 0 fully saturated rings. The Balaban J connectivity index is 0.00000288. The largest absolute Gasteiger partial charge is 0.497 e. The summed E-state index contributed by atoms with van der Waals surface area (Å²) in [6.45, 7) is 1.14. The number of halogens is 1. The Morgan fingerprint density at radius 3 is 2.67 bits per heavy atom. The molecule has 0 aromatic heterocycles. The van der Waals surface area contributed by atoms with E-state index in [9.17, 15) is 0 Å². The summed E-state index contributed by atoms with van der Waals surface area (Å²) in [4.78, 5) is 4.37. The number of aliphatic imine (C=N–C) groups is 1. The quantitative estimate of drug-likeness (QED) is 0.393. The smallest absolute Gasteiger partial charge is 0.193 e. The Hall–Kier alpha value is -1.80. The van der Waals surface area contributed by atoms with Crippen LogP contribution in [0.4, 0.5) is 5.69 Å². The average molecular weight is 441 g/mol. The number of para-hydroxylation sites is 1. The normalized spacial score (nSPS) is 10.8. The van der Waals surface area contributed by atoms with E-state index in [0.29, 0.717) is 19.1 Å². The second-order valence-electron chi connectivity index (χ2n) is 5.08. The van der Waals surface area contributed by atoms with Gasteiger partial charge in [0.25, 0.3) is 0 Å². The van der Waals surface area contributed by atoms with Crippen LogP contribution in [0.1, 0.15) is 11.1 Å². The maximum Gasteiger partial charge on any atom is 0.193 e. The zero-order chi connectivity index (χ0) is 16.5. The van der Waals surface area contributed by atoms with Crippen molar-refractivity contribution in [3.63, 3.8) is 0 Å². The van der Waals surface area contributed by atoms with E-state index in [2.05, 4.69) is 16.4 Å². The molecule has 2 aromatic rings. The number of ether oxygens (including phenoxy) is 2. The van der Waals surface area contributed by atoms with E-state index in [1.54, 1.807) is 14.2 Å². The lowest BCUT2D eigenvalue weighted by atomic mass is 10.1. The van der Waals surface area contributed by atoms with Gasteiger partial charge in [-0.2, -0.15) is 0 Å². The Labute approximate surface area is 160 Å². The second kappa shape index (κ2) is 10.9. The van der Waals surface area contributed by atoms with Gasteiger partial charge in [-0.25, -0.2) is 0 Å². The molecule has 2 aromatic carbocycles. The molecule has 130 valence electrons. The number of anilines is 1. The number of hydrogen-bond donors (Lipinski definition) is 2. The van der Waals surface area contributed by atoms with Crippen LogP contribution in [0, 0.1) is 0 Å². The van der Waals surface area contributed by atoms with Crippen molar-refractivity contribution in [2.24, 2.45) is 10.7 Å². The van der Waals surface area contributed by atoms with E-state index in [1.165, 1.54) is 5.56 Å². The molecule has 0 atom stereocenters. The van der Waals surface area contributed by atoms with Gasteiger partial charge in [-0.1, -0.05) is 30.3 Å². The predicted molar refractivity (Wildman–Crippen MR) is 109 cm³/mol. The van der Waals surface area contributed by atoms with Crippen LogP contribution in [-0.2, 0) is 17.8 Å². The third-order valence-electron chi connectivity index (χ3n) is 3.40. The number of nitrogens with one attached hydrogen (secondary N) is 1. The predicted octanol–water partition coefficient (Wildman–Crippen LogP) is 3.43. The number of hydrogen-bond acceptors (Lipinski definition) is 3. The maximum absolute atomic E-state index is 5.96. The van der Waals surface area contributed by atoms with Gasteiger partial charge in [-0.15, -0.1) is 24.0 Å². The molecule has 0 saturated heterocycles. The van der Waals surface area contributed by atoms with E-state index >= 15 is 0 Å². The van der Waals surface area contributed by atoms with Gasteiger partial charge < -0.3 is 20.5 Å². The molecule has 0 amide bonds. The van der Waals surface area contributed by atoms with Crippen molar-refractivity contribution in [1.29, 1.82) is 0 Å². The molecule has 0 aliphatic carbocycles. The third kappa shape index (κ3) is 6.37. The lowest BCUT2D eigenvalue weighted by Crippen LogP contribution is -2.23. The molecule has 0 aliphatic heterocycles. The van der Waals surface area contributed by atoms with Crippen LogP contribution >= 0.6 is 24.0 Å². The maximum atomic E-state index is 5.96.